The average Bonchev–Trinajstić information content (AvgIpc) is 2.44. The highest BCUT2D eigenvalue weighted by atomic mass is 19.2. The number of hydrogen-bond acceptors (Lipinski definition) is 3. The summed E-state index contributed by atoms with van der Waals surface area (Å²) in [6.07, 6.45) is 1.72. The largest absolute Gasteiger partial charge is 0.329 e. The molecule has 0 saturated carbocycles. The Labute approximate surface area is 117 Å². The van der Waals surface area contributed by atoms with Crippen molar-refractivity contribution in [3.05, 3.63) is 65.5 Å². The summed E-state index contributed by atoms with van der Waals surface area (Å²) >= 11 is 0. The molecule has 20 heavy (non-hydrogen) atoms. The zero-order valence-corrected chi connectivity index (χ0v) is 11.3. The fourth-order valence-corrected chi connectivity index (χ4v) is 2.15. The van der Waals surface area contributed by atoms with Gasteiger partial charge < -0.3 is 5.73 Å². The molecule has 1 atom stereocenters. The zero-order chi connectivity index (χ0) is 14.5. The van der Waals surface area contributed by atoms with E-state index >= 15 is 0 Å². The van der Waals surface area contributed by atoms with Crippen LogP contribution < -0.4 is 5.73 Å². The Morgan fingerprint density at radius 1 is 1.20 bits per heavy atom. The Bertz CT molecular complexity index is 560. The third-order valence-electron chi connectivity index (χ3n) is 3.22. The first kappa shape index (κ1) is 14.6. The van der Waals surface area contributed by atoms with Gasteiger partial charge in [-0.25, -0.2) is 8.78 Å². The topological polar surface area (TPSA) is 42.2 Å². The summed E-state index contributed by atoms with van der Waals surface area (Å²) < 4.78 is 26.3. The van der Waals surface area contributed by atoms with Crippen molar-refractivity contribution in [1.82, 2.24) is 9.88 Å². The molecule has 106 valence electrons. The molecule has 1 aromatic heterocycles. The van der Waals surface area contributed by atoms with Gasteiger partial charge in [-0.05, 0) is 36.9 Å². The second kappa shape index (κ2) is 6.54. The van der Waals surface area contributed by atoms with Crippen molar-refractivity contribution in [1.29, 1.82) is 0 Å². The number of nitrogens with zero attached hydrogens (tertiary/aromatic N) is 2. The summed E-state index contributed by atoms with van der Waals surface area (Å²) in [6, 6.07) is 9.36. The van der Waals surface area contributed by atoms with Gasteiger partial charge in [0.05, 0.1) is 5.69 Å². The Kier molecular flexibility index (Phi) is 4.76. The fraction of sp³-hybridized carbons (Fsp3) is 0.267. The van der Waals surface area contributed by atoms with Crippen LogP contribution in [0, 0.1) is 11.6 Å². The molecule has 1 heterocycles. The van der Waals surface area contributed by atoms with Gasteiger partial charge in [0.2, 0.25) is 0 Å². The predicted octanol–water partition coefficient (Wildman–Crippen LogP) is 2.49. The Morgan fingerprint density at radius 2 is 2.00 bits per heavy atom. The first-order chi connectivity index (χ1) is 9.61. The van der Waals surface area contributed by atoms with Gasteiger partial charge in [-0.3, -0.25) is 9.88 Å². The van der Waals surface area contributed by atoms with E-state index in [1.54, 1.807) is 12.3 Å². The molecular formula is C15H17F2N3. The van der Waals surface area contributed by atoms with Crippen LogP contribution in [-0.2, 0) is 6.54 Å². The molecule has 0 fully saturated rings. The van der Waals surface area contributed by atoms with E-state index in [1.165, 1.54) is 6.07 Å². The monoisotopic (exact) mass is 277 g/mol. The molecule has 0 spiro atoms. The molecule has 0 bridgehead atoms. The first-order valence-corrected chi connectivity index (χ1v) is 6.37. The molecule has 2 aromatic rings. The van der Waals surface area contributed by atoms with E-state index in [-0.39, 0.29) is 6.04 Å². The third-order valence-corrected chi connectivity index (χ3v) is 3.22. The van der Waals surface area contributed by atoms with Crippen LogP contribution in [-0.4, -0.2) is 23.5 Å². The molecular weight excluding hydrogens is 260 g/mol. The number of nitrogens with two attached hydrogens (primary N) is 1. The molecule has 0 amide bonds. The van der Waals surface area contributed by atoms with Gasteiger partial charge in [0.15, 0.2) is 11.6 Å². The fourth-order valence-electron chi connectivity index (χ4n) is 2.15. The molecule has 0 aliphatic carbocycles. The maximum atomic E-state index is 13.3. The van der Waals surface area contributed by atoms with Gasteiger partial charge in [-0.1, -0.05) is 12.1 Å². The molecule has 0 aliphatic rings. The van der Waals surface area contributed by atoms with Crippen LogP contribution in [0.2, 0.25) is 0 Å². The molecule has 2 rings (SSSR count). The van der Waals surface area contributed by atoms with Crippen LogP contribution in [0.15, 0.2) is 42.6 Å². The lowest BCUT2D eigenvalue weighted by Gasteiger charge is -2.27. The molecule has 5 heteroatoms. The van der Waals surface area contributed by atoms with Crippen molar-refractivity contribution in [2.75, 3.05) is 13.6 Å². The van der Waals surface area contributed by atoms with Crippen LogP contribution in [0.1, 0.15) is 17.3 Å². The van der Waals surface area contributed by atoms with Crippen molar-refractivity contribution >= 4 is 0 Å². The van der Waals surface area contributed by atoms with Gasteiger partial charge in [-0.15, -0.1) is 0 Å². The van der Waals surface area contributed by atoms with Crippen LogP contribution in [0.25, 0.3) is 0 Å². The number of rotatable bonds is 5. The van der Waals surface area contributed by atoms with E-state index in [1.807, 2.05) is 30.1 Å². The minimum absolute atomic E-state index is 0.188. The summed E-state index contributed by atoms with van der Waals surface area (Å²) in [4.78, 5) is 6.21. The summed E-state index contributed by atoms with van der Waals surface area (Å²) in [5.41, 5.74) is 7.33. The molecule has 0 aliphatic heterocycles. The van der Waals surface area contributed by atoms with Crippen LogP contribution in [0.5, 0.6) is 0 Å². The van der Waals surface area contributed by atoms with Gasteiger partial charge >= 0.3 is 0 Å². The van der Waals surface area contributed by atoms with Crippen molar-refractivity contribution in [3.8, 4) is 0 Å². The summed E-state index contributed by atoms with van der Waals surface area (Å²) in [5, 5.41) is 0. The lowest BCUT2D eigenvalue weighted by Crippen LogP contribution is -2.30. The zero-order valence-electron chi connectivity index (χ0n) is 11.3. The second-order valence-electron chi connectivity index (χ2n) is 4.66. The lowest BCUT2D eigenvalue weighted by molar-refractivity contribution is 0.238. The molecule has 1 unspecified atom stereocenters. The lowest BCUT2D eigenvalue weighted by atomic mass is 10.1. The highest BCUT2D eigenvalue weighted by Crippen LogP contribution is 2.21. The average molecular weight is 277 g/mol. The minimum Gasteiger partial charge on any atom is -0.329 e. The molecule has 2 N–H and O–H groups in total. The molecule has 0 saturated heterocycles. The number of likely N-dealkylation sites (N-methyl/N-ethyl adjacent to an activating group) is 1. The minimum atomic E-state index is -0.854. The van der Waals surface area contributed by atoms with E-state index in [4.69, 9.17) is 5.73 Å². The maximum absolute atomic E-state index is 13.3. The number of halogens is 2. The van der Waals surface area contributed by atoms with Crippen molar-refractivity contribution in [2.24, 2.45) is 5.73 Å². The van der Waals surface area contributed by atoms with Crippen molar-refractivity contribution < 1.29 is 8.78 Å². The third kappa shape index (κ3) is 3.37. The number of benzene rings is 1. The van der Waals surface area contributed by atoms with E-state index in [9.17, 15) is 8.78 Å². The summed E-state index contributed by atoms with van der Waals surface area (Å²) in [6.45, 7) is 0.899. The number of hydrogen-bond donors (Lipinski definition) is 1. The van der Waals surface area contributed by atoms with Crippen LogP contribution >= 0.6 is 0 Å². The highest BCUT2D eigenvalue weighted by molar-refractivity contribution is 5.22. The molecule has 1 aromatic carbocycles. The SMILES string of the molecule is CN(Cc1ccccn1)C(CN)c1ccc(F)c(F)c1. The van der Waals surface area contributed by atoms with E-state index in [2.05, 4.69) is 4.98 Å². The van der Waals surface area contributed by atoms with Gasteiger partial charge in [0, 0.05) is 25.3 Å². The summed E-state index contributed by atoms with van der Waals surface area (Å²) in [7, 11) is 1.88. The highest BCUT2D eigenvalue weighted by Gasteiger charge is 2.17. The number of pyridine rings is 1. The smallest absolute Gasteiger partial charge is 0.159 e. The molecule has 0 radical (unpaired) electrons. The van der Waals surface area contributed by atoms with Crippen molar-refractivity contribution in [3.63, 3.8) is 0 Å². The standard InChI is InChI=1S/C15H17F2N3/c1-20(10-12-4-2-3-7-19-12)15(9-18)11-5-6-13(16)14(17)8-11/h2-8,15H,9-10,18H2,1H3. The van der Waals surface area contributed by atoms with E-state index in [0.717, 1.165) is 11.8 Å². The summed E-state index contributed by atoms with van der Waals surface area (Å²) in [5.74, 6) is -1.70. The van der Waals surface area contributed by atoms with Gasteiger partial charge in [-0.2, -0.15) is 0 Å². The Morgan fingerprint density at radius 3 is 2.60 bits per heavy atom. The maximum Gasteiger partial charge on any atom is 0.159 e. The Balaban J connectivity index is 2.16. The van der Waals surface area contributed by atoms with Crippen LogP contribution in [0.3, 0.4) is 0 Å². The normalized spacial score (nSPS) is 12.7. The first-order valence-electron chi connectivity index (χ1n) is 6.37. The van der Waals surface area contributed by atoms with E-state index < -0.39 is 11.6 Å². The second-order valence-corrected chi connectivity index (χ2v) is 4.66. The van der Waals surface area contributed by atoms with Gasteiger partial charge in [0.1, 0.15) is 0 Å². The predicted molar refractivity (Wildman–Crippen MR) is 73.9 cm³/mol. The van der Waals surface area contributed by atoms with Crippen LogP contribution in [0.4, 0.5) is 8.78 Å². The van der Waals surface area contributed by atoms with E-state index in [0.29, 0.717) is 18.7 Å². The quantitative estimate of drug-likeness (QED) is 0.913. The molecule has 3 nitrogen and oxygen atoms in total. The van der Waals surface area contributed by atoms with Gasteiger partial charge in [0.25, 0.3) is 0 Å². The van der Waals surface area contributed by atoms with Crippen molar-refractivity contribution in [2.45, 2.75) is 12.6 Å². The Hall–Kier alpha value is -1.85. The number of aromatic nitrogens is 1.